The lowest BCUT2D eigenvalue weighted by molar-refractivity contribution is 0.289. The summed E-state index contributed by atoms with van der Waals surface area (Å²) in [4.78, 5) is 0. The third-order valence-electron chi connectivity index (χ3n) is 5.27. The van der Waals surface area contributed by atoms with Crippen molar-refractivity contribution in [2.45, 2.75) is 33.1 Å². The monoisotopic (exact) mass is 328 g/mol. The van der Waals surface area contributed by atoms with Gasteiger partial charge < -0.3 is 5.11 Å². The molecule has 1 N–H and O–H groups in total. The molecule has 0 saturated carbocycles. The van der Waals surface area contributed by atoms with E-state index in [1.807, 2.05) is 0 Å². The zero-order chi connectivity index (χ0) is 17.4. The van der Waals surface area contributed by atoms with E-state index in [9.17, 15) is 5.11 Å². The van der Waals surface area contributed by atoms with Crippen LogP contribution in [0, 0.1) is 10.4 Å². The van der Waals surface area contributed by atoms with Crippen molar-refractivity contribution in [3.05, 3.63) is 86.1 Å². The van der Waals surface area contributed by atoms with Crippen LogP contribution in [0.25, 0.3) is 17.2 Å². The van der Waals surface area contributed by atoms with Gasteiger partial charge in [-0.25, -0.2) is 0 Å². The van der Waals surface area contributed by atoms with Crippen molar-refractivity contribution in [1.82, 2.24) is 0 Å². The molecule has 0 unspecified atom stereocenters. The molecule has 25 heavy (non-hydrogen) atoms. The molecule has 0 amide bonds. The van der Waals surface area contributed by atoms with Gasteiger partial charge in [-0.3, -0.25) is 0 Å². The van der Waals surface area contributed by atoms with E-state index in [-0.39, 0.29) is 6.61 Å². The van der Waals surface area contributed by atoms with Crippen molar-refractivity contribution >= 4 is 17.2 Å². The number of aliphatic hydroxyl groups excluding tert-OH is 1. The number of rotatable bonds is 4. The molecular weight excluding hydrogens is 304 g/mol. The number of allylic oxidation sites excluding steroid dienone is 4. The molecule has 0 atom stereocenters. The van der Waals surface area contributed by atoms with E-state index >= 15 is 0 Å². The number of hydrogen-bond donors (Lipinski definition) is 1. The molecule has 0 fully saturated rings. The van der Waals surface area contributed by atoms with Crippen molar-refractivity contribution in [3.63, 3.8) is 0 Å². The average Bonchev–Trinajstić information content (AvgIpc) is 3.23. The van der Waals surface area contributed by atoms with Gasteiger partial charge in [-0.1, -0.05) is 54.1 Å². The van der Waals surface area contributed by atoms with Crippen LogP contribution in [-0.2, 0) is 0 Å². The van der Waals surface area contributed by atoms with E-state index in [4.69, 9.17) is 0 Å². The summed E-state index contributed by atoms with van der Waals surface area (Å²) in [7, 11) is 0. The first kappa shape index (κ1) is 16.1. The Bertz CT molecular complexity index is 1110. The summed E-state index contributed by atoms with van der Waals surface area (Å²) in [6, 6.07) is 13.2. The molecule has 0 bridgehead atoms. The average molecular weight is 328 g/mol. The SMILES string of the molecule is CC(C)=c1ccc2c(c1C1=C(CCCO)C=CC1)C=c1ccccc1=2. The first-order valence-corrected chi connectivity index (χ1v) is 9.12. The first-order chi connectivity index (χ1) is 12.2. The third-order valence-corrected chi connectivity index (χ3v) is 5.27. The van der Waals surface area contributed by atoms with E-state index in [1.165, 1.54) is 48.7 Å². The van der Waals surface area contributed by atoms with Gasteiger partial charge in [-0.15, -0.1) is 0 Å². The smallest absolute Gasteiger partial charge is 0.0434 e. The van der Waals surface area contributed by atoms with E-state index in [0.29, 0.717) is 0 Å². The molecule has 1 heteroatoms. The minimum atomic E-state index is 0.251. The molecule has 126 valence electrons. The Morgan fingerprint density at radius 1 is 1.04 bits per heavy atom. The van der Waals surface area contributed by atoms with Crippen LogP contribution in [-0.4, -0.2) is 11.7 Å². The fourth-order valence-electron chi connectivity index (χ4n) is 4.09. The summed E-state index contributed by atoms with van der Waals surface area (Å²) in [6.45, 7) is 4.65. The van der Waals surface area contributed by atoms with Crippen LogP contribution in [0.3, 0.4) is 0 Å². The molecule has 0 radical (unpaired) electrons. The van der Waals surface area contributed by atoms with Crippen molar-refractivity contribution in [3.8, 4) is 0 Å². The summed E-state index contributed by atoms with van der Waals surface area (Å²) >= 11 is 0. The van der Waals surface area contributed by atoms with Crippen molar-refractivity contribution in [2.75, 3.05) is 6.61 Å². The molecule has 0 spiro atoms. The second-order valence-electron chi connectivity index (χ2n) is 7.12. The molecule has 0 aromatic heterocycles. The Hall–Kier alpha value is -2.38. The lowest BCUT2D eigenvalue weighted by Gasteiger charge is -2.13. The lowest BCUT2D eigenvalue weighted by atomic mass is 9.91. The maximum atomic E-state index is 9.24. The zero-order valence-corrected chi connectivity index (χ0v) is 15.0. The van der Waals surface area contributed by atoms with Crippen LogP contribution in [0.4, 0.5) is 0 Å². The van der Waals surface area contributed by atoms with Crippen molar-refractivity contribution < 1.29 is 5.11 Å². The summed E-state index contributed by atoms with van der Waals surface area (Å²) in [5.41, 5.74) is 6.93. The predicted molar refractivity (Wildman–Crippen MR) is 105 cm³/mol. The van der Waals surface area contributed by atoms with Crippen LogP contribution < -0.4 is 10.4 Å². The molecule has 2 aliphatic carbocycles. The molecule has 0 saturated heterocycles. The van der Waals surface area contributed by atoms with Crippen LogP contribution in [0.5, 0.6) is 0 Å². The maximum Gasteiger partial charge on any atom is 0.0434 e. The maximum absolute atomic E-state index is 9.24. The van der Waals surface area contributed by atoms with Gasteiger partial charge >= 0.3 is 0 Å². The van der Waals surface area contributed by atoms with Gasteiger partial charge in [0, 0.05) is 6.61 Å². The molecular formula is C24H24O. The fourth-order valence-corrected chi connectivity index (χ4v) is 4.09. The van der Waals surface area contributed by atoms with Gasteiger partial charge in [0.1, 0.15) is 0 Å². The zero-order valence-electron chi connectivity index (χ0n) is 15.0. The molecule has 4 rings (SSSR count). The fraction of sp³-hybridized carbons (Fsp3) is 0.250. The first-order valence-electron chi connectivity index (χ1n) is 9.12. The minimum absolute atomic E-state index is 0.251. The van der Waals surface area contributed by atoms with E-state index in [0.717, 1.165) is 19.3 Å². The second-order valence-corrected chi connectivity index (χ2v) is 7.12. The van der Waals surface area contributed by atoms with Crippen LogP contribution in [0.1, 0.15) is 44.2 Å². The van der Waals surface area contributed by atoms with Crippen molar-refractivity contribution in [1.29, 1.82) is 0 Å². The second kappa shape index (κ2) is 6.50. The van der Waals surface area contributed by atoms with E-state index in [2.05, 4.69) is 68.5 Å². The van der Waals surface area contributed by atoms with Gasteiger partial charge in [0.25, 0.3) is 0 Å². The molecule has 2 aliphatic rings. The van der Waals surface area contributed by atoms with Crippen LogP contribution >= 0.6 is 0 Å². The highest BCUT2D eigenvalue weighted by Crippen LogP contribution is 2.33. The number of fused-ring (bicyclic) bond motifs is 2. The summed E-state index contributed by atoms with van der Waals surface area (Å²) in [6.07, 6.45) is 9.62. The number of aliphatic hydroxyl groups is 1. The Balaban J connectivity index is 2.07. The van der Waals surface area contributed by atoms with Gasteiger partial charge in [0.05, 0.1) is 0 Å². The van der Waals surface area contributed by atoms with Gasteiger partial charge in [-0.05, 0) is 82.3 Å². The Kier molecular flexibility index (Phi) is 4.19. The quantitative estimate of drug-likeness (QED) is 0.772. The highest BCUT2D eigenvalue weighted by atomic mass is 16.2. The van der Waals surface area contributed by atoms with Gasteiger partial charge in [0.2, 0.25) is 0 Å². The van der Waals surface area contributed by atoms with Crippen molar-refractivity contribution in [2.24, 2.45) is 0 Å². The summed E-state index contributed by atoms with van der Waals surface area (Å²) in [5.74, 6) is 0. The predicted octanol–water partition coefficient (Wildman–Crippen LogP) is 3.79. The summed E-state index contributed by atoms with van der Waals surface area (Å²) < 4.78 is 0. The highest BCUT2D eigenvalue weighted by Gasteiger charge is 2.18. The molecule has 1 nitrogen and oxygen atoms in total. The highest BCUT2D eigenvalue weighted by molar-refractivity contribution is 5.82. The van der Waals surface area contributed by atoms with Crippen LogP contribution in [0.15, 0.2) is 54.1 Å². The number of hydrogen-bond acceptors (Lipinski definition) is 1. The normalized spacial score (nSPS) is 14.5. The Morgan fingerprint density at radius 2 is 1.88 bits per heavy atom. The topological polar surface area (TPSA) is 20.2 Å². The van der Waals surface area contributed by atoms with E-state index < -0.39 is 0 Å². The van der Waals surface area contributed by atoms with Gasteiger partial charge in [0.15, 0.2) is 0 Å². The minimum Gasteiger partial charge on any atom is -0.396 e. The van der Waals surface area contributed by atoms with Crippen LogP contribution in [0.2, 0.25) is 0 Å². The summed E-state index contributed by atoms with van der Waals surface area (Å²) in [5, 5.41) is 14.6. The molecule has 0 aliphatic heterocycles. The molecule has 0 heterocycles. The Morgan fingerprint density at radius 3 is 2.68 bits per heavy atom. The van der Waals surface area contributed by atoms with E-state index in [1.54, 1.807) is 0 Å². The standard InChI is InChI=1S/C24H24O/c1-16(2)19-12-13-22-20-10-4-3-7-18(20)15-23(22)24(19)21-11-5-8-17(21)9-6-14-25/h3-5,7-8,10,12-13,15,25H,6,9,11,14H2,1-2H3. The van der Waals surface area contributed by atoms with Gasteiger partial charge in [-0.2, -0.15) is 0 Å². The lowest BCUT2D eigenvalue weighted by Crippen LogP contribution is -2.13. The molecule has 2 aromatic rings. The number of benzene rings is 2. The third kappa shape index (κ3) is 2.69. The Labute approximate surface area is 148 Å². The molecule has 2 aromatic carbocycles. The largest absolute Gasteiger partial charge is 0.396 e.